The fourth-order valence-corrected chi connectivity index (χ4v) is 6.63. The molecule has 4 aromatic rings. The molecule has 7 rings (SSSR count). The minimum absolute atomic E-state index is 0.193. The smallest absolute Gasteiger partial charge is 0.278 e. The van der Waals surface area contributed by atoms with Crippen LogP contribution in [0, 0.1) is 5.92 Å². The van der Waals surface area contributed by atoms with Crippen LogP contribution in [0.3, 0.4) is 0 Å². The first kappa shape index (κ1) is 28.0. The van der Waals surface area contributed by atoms with Crippen molar-refractivity contribution in [3.63, 3.8) is 0 Å². The van der Waals surface area contributed by atoms with Gasteiger partial charge in [-0.15, -0.1) is 6.58 Å². The zero-order valence-electron chi connectivity index (χ0n) is 24.0. The van der Waals surface area contributed by atoms with E-state index in [0.717, 1.165) is 37.2 Å². The maximum atomic E-state index is 13.3. The van der Waals surface area contributed by atoms with Gasteiger partial charge in [0.2, 0.25) is 5.95 Å². The van der Waals surface area contributed by atoms with Crippen molar-refractivity contribution in [2.45, 2.75) is 38.3 Å². The molecule has 1 N–H and O–H groups in total. The molecule has 0 aliphatic carbocycles. The standard InChI is InChI=1S/C30H34N8O3S/c1-5-15-37-28(40)23-19-31-29(34-27(23)38(37)25-8-6-7-24(33-25)35-42(3,4)41)32-22-11-9-20(10-12-22)18-30(2)26(39)21-13-16-36(30)17-14-21/h5-12,19,21H,1,13-18H2,2-4H3,(H,31,32,34)/t30-/m1/s1. The van der Waals surface area contributed by atoms with Gasteiger partial charge >= 0.3 is 0 Å². The molecule has 3 fully saturated rings. The number of aromatic nitrogens is 5. The van der Waals surface area contributed by atoms with Gasteiger partial charge in [0.25, 0.3) is 5.56 Å². The van der Waals surface area contributed by atoms with Crippen LogP contribution in [0.5, 0.6) is 0 Å². The Morgan fingerprint density at radius 3 is 2.52 bits per heavy atom. The normalized spacial score (nSPS) is 21.9. The van der Waals surface area contributed by atoms with Gasteiger partial charge in [0, 0.05) is 40.0 Å². The van der Waals surface area contributed by atoms with Gasteiger partial charge in [-0.2, -0.15) is 9.35 Å². The first-order valence-electron chi connectivity index (χ1n) is 13.9. The van der Waals surface area contributed by atoms with Gasteiger partial charge in [-0.05, 0) is 69.1 Å². The fourth-order valence-electron chi connectivity index (χ4n) is 6.08. The third kappa shape index (κ3) is 5.16. The van der Waals surface area contributed by atoms with E-state index in [2.05, 4.69) is 43.0 Å². The lowest BCUT2D eigenvalue weighted by Crippen LogP contribution is -2.64. The largest absolute Gasteiger partial charge is 0.324 e. The van der Waals surface area contributed by atoms with Crippen molar-refractivity contribution in [1.29, 1.82) is 0 Å². The predicted molar refractivity (Wildman–Crippen MR) is 164 cm³/mol. The summed E-state index contributed by atoms with van der Waals surface area (Å²) in [5.74, 6) is 1.56. The van der Waals surface area contributed by atoms with Crippen LogP contribution < -0.4 is 10.9 Å². The molecule has 11 nitrogen and oxygen atoms in total. The molecular formula is C30H34N8O3S. The van der Waals surface area contributed by atoms with E-state index in [9.17, 15) is 13.8 Å². The highest BCUT2D eigenvalue weighted by atomic mass is 32.2. The number of anilines is 2. The van der Waals surface area contributed by atoms with E-state index in [1.165, 1.54) is 23.4 Å². The van der Waals surface area contributed by atoms with Crippen molar-refractivity contribution in [1.82, 2.24) is 29.2 Å². The lowest BCUT2D eigenvalue weighted by atomic mass is 9.71. The summed E-state index contributed by atoms with van der Waals surface area (Å²) in [6.07, 6.45) is 8.82. The molecule has 3 saturated heterocycles. The van der Waals surface area contributed by atoms with Gasteiger partial charge in [0.05, 0.1) is 12.1 Å². The molecule has 12 heteroatoms. The second-order valence-corrected chi connectivity index (χ2v) is 14.0. The number of nitrogens with zero attached hydrogens (tertiary/aromatic N) is 7. The van der Waals surface area contributed by atoms with Crippen LogP contribution in [-0.2, 0) is 27.5 Å². The third-order valence-corrected chi connectivity index (χ3v) is 8.71. The number of piperidine rings is 3. The highest BCUT2D eigenvalue weighted by Gasteiger charge is 2.49. The molecule has 1 atom stereocenters. The summed E-state index contributed by atoms with van der Waals surface area (Å²) in [5.41, 5.74) is 1.50. The van der Waals surface area contributed by atoms with Gasteiger partial charge in [-0.1, -0.05) is 24.3 Å². The van der Waals surface area contributed by atoms with Crippen LogP contribution in [0.15, 0.2) is 70.5 Å². The van der Waals surface area contributed by atoms with Crippen LogP contribution in [-0.4, -0.2) is 70.3 Å². The van der Waals surface area contributed by atoms with Crippen molar-refractivity contribution in [2.24, 2.45) is 10.3 Å². The zero-order chi connectivity index (χ0) is 29.6. The number of pyridine rings is 1. The monoisotopic (exact) mass is 586 g/mol. The highest BCUT2D eigenvalue weighted by Crippen LogP contribution is 2.38. The number of rotatable bonds is 8. The Morgan fingerprint density at radius 2 is 1.86 bits per heavy atom. The number of hydrogen-bond donors (Lipinski definition) is 1. The van der Waals surface area contributed by atoms with Crippen molar-refractivity contribution in [3.05, 3.63) is 77.2 Å². The van der Waals surface area contributed by atoms with Gasteiger partial charge < -0.3 is 5.32 Å². The van der Waals surface area contributed by atoms with Gasteiger partial charge in [0.1, 0.15) is 5.39 Å². The molecule has 3 aliphatic heterocycles. The Kier molecular flexibility index (Phi) is 7.06. The SMILES string of the molecule is C=CCn1c(=O)c2cnc(Nc3ccc(C[C@]4(C)C(=O)C5CCN4CC5)cc3)nc2n1-c1cccc(N=S(C)(C)=O)n1. The molecule has 0 unspecified atom stereocenters. The van der Waals surface area contributed by atoms with Crippen molar-refractivity contribution >= 4 is 44.0 Å². The number of Topliss-reactive ketones (excluding diaryl/α,β-unsaturated/α-hetero) is 1. The Labute approximate surface area is 244 Å². The lowest BCUT2D eigenvalue weighted by molar-refractivity contribution is -0.146. The highest BCUT2D eigenvalue weighted by molar-refractivity contribution is 7.92. The average Bonchev–Trinajstić information content (AvgIpc) is 3.23. The Morgan fingerprint density at radius 1 is 1.12 bits per heavy atom. The average molecular weight is 587 g/mol. The van der Waals surface area contributed by atoms with Crippen LogP contribution in [0.1, 0.15) is 25.3 Å². The maximum absolute atomic E-state index is 13.3. The molecule has 3 aliphatic rings. The second kappa shape index (κ2) is 10.6. The summed E-state index contributed by atoms with van der Waals surface area (Å²) in [5, 5.41) is 3.56. The van der Waals surface area contributed by atoms with E-state index < -0.39 is 15.3 Å². The summed E-state index contributed by atoms with van der Waals surface area (Å²) in [7, 11) is -2.43. The van der Waals surface area contributed by atoms with Gasteiger partial charge in [-0.3, -0.25) is 14.5 Å². The number of ketones is 1. The Balaban J connectivity index is 1.31. The predicted octanol–water partition coefficient (Wildman–Crippen LogP) is 3.86. The molecular weight excluding hydrogens is 552 g/mol. The summed E-state index contributed by atoms with van der Waals surface area (Å²) < 4.78 is 19.5. The molecule has 3 aromatic heterocycles. The fraction of sp³-hybridized carbons (Fsp3) is 0.367. The van der Waals surface area contributed by atoms with Crippen LogP contribution in [0.2, 0.25) is 0 Å². The number of nitrogens with one attached hydrogen (secondary N) is 1. The van der Waals surface area contributed by atoms with E-state index in [0.29, 0.717) is 40.8 Å². The lowest BCUT2D eigenvalue weighted by Gasteiger charge is -2.51. The maximum Gasteiger partial charge on any atom is 0.278 e. The van der Waals surface area contributed by atoms with Crippen LogP contribution in [0.25, 0.3) is 16.9 Å². The van der Waals surface area contributed by atoms with Crippen LogP contribution in [0.4, 0.5) is 17.5 Å². The molecule has 42 heavy (non-hydrogen) atoms. The first-order chi connectivity index (χ1) is 20.1. The molecule has 218 valence electrons. The van der Waals surface area contributed by atoms with E-state index in [1.54, 1.807) is 29.0 Å². The number of benzene rings is 1. The van der Waals surface area contributed by atoms with Crippen molar-refractivity contribution in [3.8, 4) is 5.82 Å². The van der Waals surface area contributed by atoms with E-state index in [-0.39, 0.29) is 18.0 Å². The van der Waals surface area contributed by atoms with E-state index in [4.69, 9.17) is 0 Å². The topological polar surface area (TPSA) is 127 Å². The second-order valence-electron chi connectivity index (χ2n) is 11.4. The molecule has 0 amide bonds. The molecule has 2 bridgehead atoms. The number of hydrogen-bond acceptors (Lipinski definition) is 9. The summed E-state index contributed by atoms with van der Waals surface area (Å²) >= 11 is 0. The number of carbonyl (C=O) groups is 1. The Bertz CT molecular complexity index is 1870. The molecule has 0 saturated carbocycles. The number of allylic oxidation sites excluding steroid dienone is 1. The minimum Gasteiger partial charge on any atom is -0.324 e. The van der Waals surface area contributed by atoms with Crippen molar-refractivity contribution < 1.29 is 9.00 Å². The van der Waals surface area contributed by atoms with Gasteiger partial charge in [-0.25, -0.2) is 23.5 Å². The Hall–Kier alpha value is -4.16. The van der Waals surface area contributed by atoms with E-state index >= 15 is 0 Å². The zero-order valence-corrected chi connectivity index (χ0v) is 24.8. The number of fused-ring (bicyclic) bond motifs is 4. The van der Waals surface area contributed by atoms with E-state index in [1.807, 2.05) is 24.3 Å². The molecule has 1 aromatic carbocycles. The summed E-state index contributed by atoms with van der Waals surface area (Å²) in [6, 6.07) is 13.1. The molecule has 6 heterocycles. The quantitative estimate of drug-likeness (QED) is 0.309. The van der Waals surface area contributed by atoms with Gasteiger partial charge in [0.15, 0.2) is 23.1 Å². The molecule has 0 radical (unpaired) electrons. The van der Waals surface area contributed by atoms with Crippen molar-refractivity contribution in [2.75, 3.05) is 30.9 Å². The number of carbonyl (C=O) groups excluding carboxylic acids is 1. The van der Waals surface area contributed by atoms with Crippen LogP contribution >= 0.6 is 0 Å². The summed E-state index contributed by atoms with van der Waals surface area (Å²) in [6.45, 7) is 8.05. The summed E-state index contributed by atoms with van der Waals surface area (Å²) in [4.78, 5) is 42.3. The third-order valence-electron chi connectivity index (χ3n) is 8.08. The molecule has 0 spiro atoms. The first-order valence-corrected chi connectivity index (χ1v) is 16.3. The minimum atomic E-state index is -2.43.